The number of halogens is 2. The zero-order valence-corrected chi connectivity index (χ0v) is 19.7. The van der Waals surface area contributed by atoms with Gasteiger partial charge in [-0.25, -0.2) is 9.97 Å². The Hall–Kier alpha value is -2.70. The molecule has 0 saturated carbocycles. The van der Waals surface area contributed by atoms with Crippen LogP contribution in [0.25, 0.3) is 11.4 Å². The number of aryl methyl sites for hydroxylation is 2. The molecule has 0 spiro atoms. The second kappa shape index (κ2) is 9.43. The Morgan fingerprint density at radius 2 is 1.88 bits per heavy atom. The van der Waals surface area contributed by atoms with Crippen molar-refractivity contribution in [2.45, 2.75) is 52.2 Å². The first-order valence-electron chi connectivity index (χ1n) is 10.6. The number of esters is 1. The molecule has 2 unspecified atom stereocenters. The van der Waals surface area contributed by atoms with Crippen LogP contribution in [-0.2, 0) is 28.8 Å². The molecule has 4 rings (SSSR count). The highest BCUT2D eigenvalue weighted by Gasteiger charge is 2.35. The molecule has 1 N–H and O–H groups in total. The van der Waals surface area contributed by atoms with Crippen LogP contribution in [0.1, 0.15) is 49.3 Å². The summed E-state index contributed by atoms with van der Waals surface area (Å²) < 4.78 is 5.64. The second-order valence-electron chi connectivity index (χ2n) is 7.68. The minimum Gasteiger partial charge on any atom is -0.460 e. The molecule has 2 heterocycles. The quantitative estimate of drug-likeness (QED) is 0.471. The summed E-state index contributed by atoms with van der Waals surface area (Å²) in [7, 11) is 0. The first-order valence-corrected chi connectivity index (χ1v) is 11.4. The van der Waals surface area contributed by atoms with Crippen LogP contribution in [-0.4, -0.2) is 27.0 Å². The Morgan fingerprint density at radius 1 is 1.12 bits per heavy atom. The van der Waals surface area contributed by atoms with Crippen LogP contribution in [0.15, 0.2) is 36.5 Å². The van der Waals surface area contributed by atoms with E-state index in [-0.39, 0.29) is 18.1 Å². The van der Waals surface area contributed by atoms with E-state index in [1.165, 1.54) is 6.92 Å². The van der Waals surface area contributed by atoms with Crippen LogP contribution in [0.4, 0.5) is 5.82 Å². The van der Waals surface area contributed by atoms with Crippen LogP contribution in [0.2, 0.25) is 10.0 Å². The van der Waals surface area contributed by atoms with E-state index in [9.17, 15) is 4.79 Å². The molecule has 0 amide bonds. The molecule has 3 aromatic rings. The Bertz CT molecular complexity index is 1170. The van der Waals surface area contributed by atoms with E-state index in [0.29, 0.717) is 46.5 Å². The molecule has 6 nitrogen and oxygen atoms in total. The van der Waals surface area contributed by atoms with Crippen LogP contribution in [0, 0.1) is 0 Å². The largest absolute Gasteiger partial charge is 0.460 e. The molecule has 0 radical (unpaired) electrons. The molecule has 32 heavy (non-hydrogen) atoms. The molecular weight excluding hydrogens is 447 g/mol. The van der Waals surface area contributed by atoms with E-state index in [1.54, 1.807) is 12.3 Å². The van der Waals surface area contributed by atoms with Crippen LogP contribution < -0.4 is 5.32 Å². The maximum atomic E-state index is 11.7. The van der Waals surface area contributed by atoms with Crippen LogP contribution >= 0.6 is 23.2 Å². The lowest BCUT2D eigenvalue weighted by Gasteiger charge is -2.24. The van der Waals surface area contributed by atoms with E-state index in [1.807, 2.05) is 26.0 Å². The van der Waals surface area contributed by atoms with Crippen molar-refractivity contribution < 1.29 is 9.53 Å². The highest BCUT2D eigenvalue weighted by atomic mass is 35.5. The van der Waals surface area contributed by atoms with Crippen molar-refractivity contribution in [2.24, 2.45) is 0 Å². The molecule has 0 saturated heterocycles. The van der Waals surface area contributed by atoms with Crippen molar-refractivity contribution >= 4 is 35.0 Å². The lowest BCUT2D eigenvalue weighted by molar-refractivity contribution is -0.146. The number of rotatable bonds is 6. The third-order valence-electron chi connectivity index (χ3n) is 5.53. The number of nitrogens with one attached hydrogen (secondary N) is 1. The summed E-state index contributed by atoms with van der Waals surface area (Å²) in [5.41, 5.74) is 5.04. The Labute approximate surface area is 197 Å². The van der Waals surface area contributed by atoms with Gasteiger partial charge in [-0.05, 0) is 30.0 Å². The number of carbonyl (C=O) groups excluding carboxylic acids is 1. The topological polar surface area (TPSA) is 77.0 Å². The van der Waals surface area contributed by atoms with Crippen molar-refractivity contribution in [1.29, 1.82) is 0 Å². The SMILES string of the molecule is CCc1nc(-c2ncc(Cl)cc2Cl)c(CC)nc1NC1c2ccccc2CC1OC(C)=O. The average Bonchev–Trinajstić information content (AvgIpc) is 3.10. The van der Waals surface area contributed by atoms with E-state index in [4.69, 9.17) is 37.9 Å². The Morgan fingerprint density at radius 3 is 2.56 bits per heavy atom. The number of hydrogen-bond acceptors (Lipinski definition) is 6. The van der Waals surface area contributed by atoms with Gasteiger partial charge in [0.15, 0.2) is 0 Å². The summed E-state index contributed by atoms with van der Waals surface area (Å²) in [6.07, 6.45) is 3.21. The molecular formula is C24H24Cl2N4O2. The van der Waals surface area contributed by atoms with Gasteiger partial charge in [-0.2, -0.15) is 0 Å². The fourth-order valence-electron chi connectivity index (χ4n) is 4.09. The summed E-state index contributed by atoms with van der Waals surface area (Å²) in [6.45, 7) is 5.47. The molecule has 0 aliphatic heterocycles. The van der Waals surface area contributed by atoms with Gasteiger partial charge in [0.2, 0.25) is 0 Å². The monoisotopic (exact) mass is 470 g/mol. The second-order valence-corrected chi connectivity index (χ2v) is 8.52. The molecule has 8 heteroatoms. The van der Waals surface area contributed by atoms with Gasteiger partial charge in [0, 0.05) is 19.5 Å². The van der Waals surface area contributed by atoms with Gasteiger partial charge in [-0.1, -0.05) is 61.3 Å². The predicted molar refractivity (Wildman–Crippen MR) is 126 cm³/mol. The minimum absolute atomic E-state index is 0.206. The summed E-state index contributed by atoms with van der Waals surface area (Å²) in [6, 6.07) is 9.56. The smallest absolute Gasteiger partial charge is 0.302 e. The van der Waals surface area contributed by atoms with E-state index in [2.05, 4.69) is 22.4 Å². The van der Waals surface area contributed by atoms with Crippen LogP contribution in [0.5, 0.6) is 0 Å². The number of carbonyl (C=O) groups is 1. The number of fused-ring (bicyclic) bond motifs is 1. The number of benzene rings is 1. The summed E-state index contributed by atoms with van der Waals surface area (Å²) >= 11 is 12.4. The van der Waals surface area contributed by atoms with Gasteiger partial charge in [0.05, 0.1) is 27.5 Å². The average molecular weight is 471 g/mol. The first kappa shape index (κ1) is 22.5. The maximum Gasteiger partial charge on any atom is 0.302 e. The summed E-state index contributed by atoms with van der Waals surface area (Å²) in [4.78, 5) is 25.9. The lowest BCUT2D eigenvalue weighted by Crippen LogP contribution is -2.27. The molecule has 1 aliphatic carbocycles. The third kappa shape index (κ3) is 4.43. The maximum absolute atomic E-state index is 11.7. The lowest BCUT2D eigenvalue weighted by atomic mass is 10.1. The van der Waals surface area contributed by atoms with Gasteiger partial charge >= 0.3 is 5.97 Å². The number of aromatic nitrogens is 3. The molecule has 2 atom stereocenters. The minimum atomic E-state index is -0.312. The number of anilines is 1. The summed E-state index contributed by atoms with van der Waals surface area (Å²) in [5.74, 6) is 0.376. The van der Waals surface area contributed by atoms with Gasteiger partial charge in [-0.3, -0.25) is 9.78 Å². The van der Waals surface area contributed by atoms with Crippen molar-refractivity contribution in [1.82, 2.24) is 15.0 Å². The van der Waals surface area contributed by atoms with Crippen LogP contribution in [0.3, 0.4) is 0 Å². The zero-order valence-electron chi connectivity index (χ0n) is 18.2. The molecule has 0 bridgehead atoms. The normalized spacial score (nSPS) is 17.2. The standard InChI is InChI=1S/C24H24Cl2N4O2/c1-4-18-23(22-17(26)11-15(25)12-27-22)28-19(5-2)24(29-18)30-21-16-9-7-6-8-14(16)10-20(21)32-13(3)31/h6-9,11-12,20-21H,4-5,10H2,1-3H3,(H,29,30). The Kier molecular flexibility index (Phi) is 6.63. The highest BCUT2D eigenvalue weighted by molar-refractivity contribution is 6.36. The van der Waals surface area contributed by atoms with Crippen molar-refractivity contribution in [2.75, 3.05) is 5.32 Å². The highest BCUT2D eigenvalue weighted by Crippen LogP contribution is 2.37. The first-order chi connectivity index (χ1) is 15.4. The van der Waals surface area contributed by atoms with Crippen molar-refractivity contribution in [3.8, 4) is 11.4 Å². The number of ether oxygens (including phenoxy) is 1. The van der Waals surface area contributed by atoms with Gasteiger partial charge in [0.25, 0.3) is 0 Å². The van der Waals surface area contributed by atoms with Gasteiger partial charge in [0.1, 0.15) is 23.3 Å². The number of nitrogens with zero attached hydrogens (tertiary/aromatic N) is 3. The number of pyridine rings is 1. The zero-order chi connectivity index (χ0) is 22.8. The van der Waals surface area contributed by atoms with E-state index >= 15 is 0 Å². The number of hydrogen-bond donors (Lipinski definition) is 1. The van der Waals surface area contributed by atoms with Gasteiger partial charge in [-0.15, -0.1) is 0 Å². The van der Waals surface area contributed by atoms with Gasteiger partial charge < -0.3 is 10.1 Å². The van der Waals surface area contributed by atoms with E-state index < -0.39 is 0 Å². The predicted octanol–water partition coefficient (Wildman–Crippen LogP) is 5.61. The Balaban J connectivity index is 1.75. The molecule has 2 aromatic heterocycles. The summed E-state index contributed by atoms with van der Waals surface area (Å²) in [5, 5.41) is 4.43. The van der Waals surface area contributed by atoms with Crippen molar-refractivity contribution in [3.05, 3.63) is 69.1 Å². The fraction of sp³-hybridized carbons (Fsp3) is 0.333. The fourth-order valence-corrected chi connectivity index (χ4v) is 4.56. The molecule has 0 fully saturated rings. The van der Waals surface area contributed by atoms with Crippen molar-refractivity contribution in [3.63, 3.8) is 0 Å². The molecule has 1 aliphatic rings. The molecule has 1 aromatic carbocycles. The van der Waals surface area contributed by atoms with E-state index in [0.717, 1.165) is 22.5 Å². The molecule has 166 valence electrons. The third-order valence-corrected chi connectivity index (χ3v) is 6.03.